The molecular weight excluding hydrogens is 268 g/mol. The van der Waals surface area contributed by atoms with Crippen LogP contribution < -0.4 is 10.1 Å². The summed E-state index contributed by atoms with van der Waals surface area (Å²) in [5.41, 5.74) is 2.43. The van der Waals surface area contributed by atoms with Gasteiger partial charge in [-0.2, -0.15) is 5.10 Å². The van der Waals surface area contributed by atoms with Crippen molar-refractivity contribution in [2.24, 2.45) is 0 Å². The second-order valence-corrected chi connectivity index (χ2v) is 5.04. The largest absolute Gasteiger partial charge is 0.494 e. The summed E-state index contributed by atoms with van der Waals surface area (Å²) < 4.78 is 7.18. The van der Waals surface area contributed by atoms with Gasteiger partial charge in [0, 0.05) is 18.4 Å². The number of nitrogens with zero attached hydrogens (tertiary/aromatic N) is 3. The Labute approximate surface area is 123 Å². The van der Waals surface area contributed by atoms with E-state index in [1.807, 2.05) is 4.68 Å². The van der Waals surface area contributed by atoms with Crippen molar-refractivity contribution >= 4 is 5.91 Å². The number of hydrogen-bond donors (Lipinski definition) is 1. The number of methoxy groups -OCH3 is 1. The SMILES string of the molecule is COc1cccnc1C(=O)NCc1cc2n(n1)CCCC2. The van der Waals surface area contributed by atoms with Gasteiger partial charge in [-0.3, -0.25) is 9.48 Å². The number of carbonyl (C=O) groups is 1. The lowest BCUT2D eigenvalue weighted by atomic mass is 10.1. The highest BCUT2D eigenvalue weighted by Gasteiger charge is 2.15. The highest BCUT2D eigenvalue weighted by atomic mass is 16.5. The fourth-order valence-electron chi connectivity index (χ4n) is 2.54. The number of carbonyl (C=O) groups excluding carboxylic acids is 1. The Balaban J connectivity index is 1.67. The van der Waals surface area contributed by atoms with E-state index >= 15 is 0 Å². The zero-order valence-electron chi connectivity index (χ0n) is 12.0. The highest BCUT2D eigenvalue weighted by molar-refractivity contribution is 5.94. The van der Waals surface area contributed by atoms with Crippen LogP contribution >= 0.6 is 0 Å². The summed E-state index contributed by atoms with van der Waals surface area (Å²) in [5.74, 6) is 0.220. The Kier molecular flexibility index (Phi) is 3.85. The number of ether oxygens (including phenoxy) is 1. The third-order valence-corrected chi connectivity index (χ3v) is 3.60. The first-order valence-corrected chi connectivity index (χ1v) is 7.11. The Morgan fingerprint density at radius 2 is 2.38 bits per heavy atom. The molecule has 3 rings (SSSR count). The first-order valence-electron chi connectivity index (χ1n) is 7.11. The van der Waals surface area contributed by atoms with Crippen molar-refractivity contribution < 1.29 is 9.53 Å². The molecular formula is C15H18N4O2. The number of amides is 1. The number of fused-ring (bicyclic) bond motifs is 1. The van der Waals surface area contributed by atoms with Crippen molar-refractivity contribution in [2.75, 3.05) is 7.11 Å². The molecule has 0 atom stereocenters. The molecule has 1 amide bonds. The molecule has 0 radical (unpaired) electrons. The van der Waals surface area contributed by atoms with Gasteiger partial charge in [0.2, 0.25) is 0 Å². The van der Waals surface area contributed by atoms with Crippen LogP contribution in [0.2, 0.25) is 0 Å². The molecule has 0 spiro atoms. The molecule has 2 aromatic heterocycles. The smallest absolute Gasteiger partial charge is 0.274 e. The van der Waals surface area contributed by atoms with E-state index in [2.05, 4.69) is 21.5 Å². The third kappa shape index (κ3) is 2.89. The molecule has 0 aromatic carbocycles. The summed E-state index contributed by atoms with van der Waals surface area (Å²) >= 11 is 0. The fraction of sp³-hybridized carbons (Fsp3) is 0.400. The van der Waals surface area contributed by atoms with Crippen molar-refractivity contribution in [3.8, 4) is 5.75 Å². The average molecular weight is 286 g/mol. The van der Waals surface area contributed by atoms with Crippen molar-refractivity contribution in [3.63, 3.8) is 0 Å². The van der Waals surface area contributed by atoms with Crippen LogP contribution in [0.3, 0.4) is 0 Å². The molecule has 0 fully saturated rings. The number of nitrogens with one attached hydrogen (secondary N) is 1. The first kappa shape index (κ1) is 13.6. The molecule has 1 N–H and O–H groups in total. The van der Waals surface area contributed by atoms with Crippen LogP contribution in [0.5, 0.6) is 5.75 Å². The van der Waals surface area contributed by atoms with E-state index in [0.717, 1.165) is 18.7 Å². The fourth-order valence-corrected chi connectivity index (χ4v) is 2.54. The van der Waals surface area contributed by atoms with Crippen molar-refractivity contribution in [1.29, 1.82) is 0 Å². The molecule has 21 heavy (non-hydrogen) atoms. The van der Waals surface area contributed by atoms with Gasteiger partial charge in [0.05, 0.1) is 19.3 Å². The lowest BCUT2D eigenvalue weighted by molar-refractivity contribution is 0.0942. The summed E-state index contributed by atoms with van der Waals surface area (Å²) in [7, 11) is 1.53. The van der Waals surface area contributed by atoms with Crippen molar-refractivity contribution in [3.05, 3.63) is 41.5 Å². The summed E-state index contributed by atoms with van der Waals surface area (Å²) in [5, 5.41) is 7.35. The van der Waals surface area contributed by atoms with Gasteiger partial charge in [-0.25, -0.2) is 4.98 Å². The molecule has 0 bridgehead atoms. The van der Waals surface area contributed by atoms with E-state index in [-0.39, 0.29) is 5.91 Å². The Hall–Kier alpha value is -2.37. The second-order valence-electron chi connectivity index (χ2n) is 5.04. The Morgan fingerprint density at radius 3 is 3.19 bits per heavy atom. The quantitative estimate of drug-likeness (QED) is 0.926. The maximum atomic E-state index is 12.2. The van der Waals surface area contributed by atoms with E-state index < -0.39 is 0 Å². The van der Waals surface area contributed by atoms with E-state index in [4.69, 9.17) is 4.74 Å². The van der Waals surface area contributed by atoms with Crippen LogP contribution in [0.15, 0.2) is 24.4 Å². The van der Waals surface area contributed by atoms with Gasteiger partial charge in [0.15, 0.2) is 5.69 Å². The minimum absolute atomic E-state index is 0.251. The molecule has 0 aliphatic carbocycles. The summed E-state index contributed by atoms with van der Waals surface area (Å²) in [6.45, 7) is 1.37. The third-order valence-electron chi connectivity index (χ3n) is 3.60. The van der Waals surface area contributed by atoms with Gasteiger partial charge in [0.25, 0.3) is 5.91 Å². The highest BCUT2D eigenvalue weighted by Crippen LogP contribution is 2.16. The lowest BCUT2D eigenvalue weighted by Gasteiger charge is -2.11. The van der Waals surface area contributed by atoms with Gasteiger partial charge < -0.3 is 10.1 Å². The molecule has 1 aliphatic heterocycles. The second kappa shape index (κ2) is 5.95. The maximum absolute atomic E-state index is 12.2. The van der Waals surface area contributed by atoms with Crippen LogP contribution in [0.4, 0.5) is 0 Å². The molecule has 110 valence electrons. The standard InChI is InChI=1S/C15H18N4O2/c1-21-13-6-4-7-16-14(13)15(20)17-10-11-9-12-5-2-3-8-19(12)18-11/h4,6-7,9H,2-3,5,8,10H2,1H3,(H,17,20). The minimum Gasteiger partial charge on any atom is -0.494 e. The van der Waals surface area contributed by atoms with Crippen LogP contribution in [-0.4, -0.2) is 27.8 Å². The number of rotatable bonds is 4. The Bertz CT molecular complexity index is 627. The molecule has 6 heteroatoms. The van der Waals surface area contributed by atoms with Crippen LogP contribution in [0.25, 0.3) is 0 Å². The average Bonchev–Trinajstić information content (AvgIpc) is 2.95. The van der Waals surface area contributed by atoms with Gasteiger partial charge in [-0.1, -0.05) is 0 Å². The van der Waals surface area contributed by atoms with Crippen LogP contribution in [0.1, 0.15) is 34.7 Å². The molecule has 3 heterocycles. The number of pyridine rings is 1. The number of hydrogen-bond acceptors (Lipinski definition) is 4. The topological polar surface area (TPSA) is 69.0 Å². The molecule has 0 unspecified atom stereocenters. The predicted molar refractivity (Wildman–Crippen MR) is 77.1 cm³/mol. The molecule has 6 nitrogen and oxygen atoms in total. The van der Waals surface area contributed by atoms with Crippen LogP contribution in [-0.2, 0) is 19.5 Å². The van der Waals surface area contributed by atoms with E-state index in [1.165, 1.54) is 25.6 Å². The maximum Gasteiger partial charge on any atom is 0.274 e. The summed E-state index contributed by atoms with van der Waals surface area (Å²) in [6.07, 6.45) is 5.02. The predicted octanol–water partition coefficient (Wildman–Crippen LogP) is 1.55. The van der Waals surface area contributed by atoms with E-state index in [1.54, 1.807) is 18.3 Å². The number of aryl methyl sites for hydroxylation is 2. The van der Waals surface area contributed by atoms with Crippen molar-refractivity contribution in [2.45, 2.75) is 32.4 Å². The van der Waals surface area contributed by atoms with Gasteiger partial charge in [-0.15, -0.1) is 0 Å². The van der Waals surface area contributed by atoms with Gasteiger partial charge in [0.1, 0.15) is 5.75 Å². The van der Waals surface area contributed by atoms with Crippen molar-refractivity contribution in [1.82, 2.24) is 20.1 Å². The normalized spacial score (nSPS) is 13.6. The monoisotopic (exact) mass is 286 g/mol. The molecule has 0 saturated heterocycles. The first-order chi connectivity index (χ1) is 10.3. The molecule has 0 saturated carbocycles. The Morgan fingerprint density at radius 1 is 1.48 bits per heavy atom. The van der Waals surface area contributed by atoms with Gasteiger partial charge in [-0.05, 0) is 37.5 Å². The number of aromatic nitrogens is 3. The van der Waals surface area contributed by atoms with E-state index in [0.29, 0.717) is 18.0 Å². The van der Waals surface area contributed by atoms with E-state index in [9.17, 15) is 4.79 Å². The zero-order chi connectivity index (χ0) is 14.7. The summed E-state index contributed by atoms with van der Waals surface area (Å²) in [6, 6.07) is 5.52. The summed E-state index contributed by atoms with van der Waals surface area (Å²) in [4.78, 5) is 16.2. The van der Waals surface area contributed by atoms with Gasteiger partial charge >= 0.3 is 0 Å². The molecule has 2 aromatic rings. The minimum atomic E-state index is -0.251. The lowest BCUT2D eigenvalue weighted by Crippen LogP contribution is -2.24. The zero-order valence-corrected chi connectivity index (χ0v) is 12.0. The molecule has 1 aliphatic rings. The van der Waals surface area contributed by atoms with Crippen LogP contribution in [0, 0.1) is 0 Å².